The highest BCUT2D eigenvalue weighted by atomic mass is 35.5. The molecule has 0 saturated carbocycles. The topological polar surface area (TPSA) is 46.9 Å². The number of rotatable bonds is 18. The van der Waals surface area contributed by atoms with E-state index in [1.807, 2.05) is 19.1 Å². The number of amides is 1. The number of aromatic nitrogens is 2. The zero-order chi connectivity index (χ0) is 26.3. The molecule has 0 saturated heterocycles. The number of halogens is 1. The second-order valence-corrected chi connectivity index (χ2v) is 10.8. The largest absolute Gasteiger partial charge is 0.342 e. The van der Waals surface area contributed by atoms with Crippen molar-refractivity contribution in [3.05, 3.63) is 64.9 Å². The maximum atomic E-state index is 12.8. The van der Waals surface area contributed by atoms with Crippen LogP contribution in [0.2, 0.25) is 5.02 Å². The number of para-hydroxylation sites is 2. The number of benzene rings is 2. The van der Waals surface area contributed by atoms with Crippen LogP contribution in [0.1, 0.15) is 126 Å². The van der Waals surface area contributed by atoms with E-state index < -0.39 is 0 Å². The van der Waals surface area contributed by atoms with E-state index in [1.165, 1.54) is 83.5 Å². The first-order valence-electron chi connectivity index (χ1n) is 14.6. The summed E-state index contributed by atoms with van der Waals surface area (Å²) in [5.41, 5.74) is 2.68. The van der Waals surface area contributed by atoms with Crippen molar-refractivity contribution in [3.8, 4) is 0 Å². The molecule has 1 amide bonds. The van der Waals surface area contributed by atoms with Crippen LogP contribution in [0.25, 0.3) is 11.0 Å². The van der Waals surface area contributed by atoms with Crippen LogP contribution in [0.5, 0.6) is 0 Å². The van der Waals surface area contributed by atoms with E-state index in [9.17, 15) is 4.79 Å². The monoisotopic (exact) mass is 523 g/mol. The molecule has 37 heavy (non-hydrogen) atoms. The molecule has 4 nitrogen and oxygen atoms in total. The average molecular weight is 524 g/mol. The molecule has 3 rings (SSSR count). The lowest BCUT2D eigenvalue weighted by molar-refractivity contribution is 0.0937. The van der Waals surface area contributed by atoms with Gasteiger partial charge in [0.25, 0.3) is 5.91 Å². The molecule has 2 aromatic carbocycles. The molecule has 5 heteroatoms. The third kappa shape index (κ3) is 9.81. The van der Waals surface area contributed by atoms with E-state index in [0.717, 1.165) is 29.8 Å². The first-order chi connectivity index (χ1) is 18.1. The molecule has 0 aliphatic heterocycles. The Morgan fingerprint density at radius 3 is 2.05 bits per heavy atom. The van der Waals surface area contributed by atoms with Gasteiger partial charge in [0, 0.05) is 17.1 Å². The summed E-state index contributed by atoms with van der Waals surface area (Å²) < 4.78 is 2.29. The van der Waals surface area contributed by atoms with Crippen LogP contribution in [0.15, 0.2) is 48.5 Å². The Kier molecular flexibility index (Phi) is 13.0. The molecule has 1 N–H and O–H groups in total. The fourth-order valence-electron chi connectivity index (χ4n) is 5.10. The normalized spacial score (nSPS) is 12.2. The zero-order valence-corrected chi connectivity index (χ0v) is 23.7. The zero-order valence-electron chi connectivity index (χ0n) is 23.0. The predicted molar refractivity (Wildman–Crippen MR) is 157 cm³/mol. The van der Waals surface area contributed by atoms with Crippen molar-refractivity contribution in [2.24, 2.45) is 0 Å². The van der Waals surface area contributed by atoms with Gasteiger partial charge in [-0.05, 0) is 43.7 Å². The van der Waals surface area contributed by atoms with Crippen LogP contribution >= 0.6 is 11.6 Å². The van der Waals surface area contributed by atoms with Gasteiger partial charge in [-0.1, -0.05) is 120 Å². The molecule has 202 valence electrons. The summed E-state index contributed by atoms with van der Waals surface area (Å²) in [5.74, 6) is 0.774. The number of carbonyl (C=O) groups is 1. The standard InChI is InChI=1S/C32H46ClN3O/c1-3-4-5-6-7-8-9-10-11-12-13-14-15-18-24-36-30-23-17-16-22-29(30)35-31(36)26(2)34-32(37)27-20-19-21-28(33)25-27/h16-17,19-23,25-26H,3-15,18,24H2,1-2H3,(H,34,37). The van der Waals surface area contributed by atoms with Crippen LogP contribution in [0, 0.1) is 0 Å². The maximum Gasteiger partial charge on any atom is 0.251 e. The number of unbranched alkanes of at least 4 members (excludes halogenated alkanes) is 13. The molecule has 0 bridgehead atoms. The fraction of sp³-hybridized carbons (Fsp3) is 0.562. The van der Waals surface area contributed by atoms with Gasteiger partial charge in [0.2, 0.25) is 0 Å². The molecular formula is C32H46ClN3O. The van der Waals surface area contributed by atoms with E-state index in [1.54, 1.807) is 24.3 Å². The SMILES string of the molecule is CCCCCCCCCCCCCCCCn1c(C(C)NC(=O)c2cccc(Cl)c2)nc2ccccc21. The molecule has 3 aromatic rings. The van der Waals surface area contributed by atoms with E-state index >= 15 is 0 Å². The summed E-state index contributed by atoms with van der Waals surface area (Å²) in [6.45, 7) is 5.21. The highest BCUT2D eigenvalue weighted by molar-refractivity contribution is 6.30. The molecule has 1 heterocycles. The summed E-state index contributed by atoms with van der Waals surface area (Å²) in [7, 11) is 0. The second-order valence-electron chi connectivity index (χ2n) is 10.4. The molecule has 0 fully saturated rings. The fourth-order valence-corrected chi connectivity index (χ4v) is 5.29. The number of imidazole rings is 1. The van der Waals surface area contributed by atoms with Crippen LogP contribution in [-0.4, -0.2) is 15.5 Å². The number of carbonyl (C=O) groups excluding carboxylic acids is 1. The van der Waals surface area contributed by atoms with E-state index in [0.29, 0.717) is 10.6 Å². The number of aryl methyl sites for hydroxylation is 1. The van der Waals surface area contributed by atoms with Gasteiger partial charge in [-0.3, -0.25) is 4.79 Å². The van der Waals surface area contributed by atoms with Crippen molar-refractivity contribution < 1.29 is 4.79 Å². The van der Waals surface area contributed by atoms with Gasteiger partial charge >= 0.3 is 0 Å². The van der Waals surface area contributed by atoms with Crippen molar-refractivity contribution in [2.75, 3.05) is 0 Å². The highest BCUT2D eigenvalue weighted by Gasteiger charge is 2.19. The van der Waals surface area contributed by atoms with Gasteiger partial charge in [0.1, 0.15) is 5.82 Å². The van der Waals surface area contributed by atoms with Crippen LogP contribution in [0.4, 0.5) is 0 Å². The van der Waals surface area contributed by atoms with Gasteiger partial charge in [0.15, 0.2) is 0 Å². The first kappa shape index (κ1) is 29.2. The summed E-state index contributed by atoms with van der Waals surface area (Å²) in [4.78, 5) is 17.7. The third-order valence-corrected chi connectivity index (χ3v) is 7.48. The van der Waals surface area contributed by atoms with Crippen molar-refractivity contribution in [1.82, 2.24) is 14.9 Å². The molecular weight excluding hydrogens is 478 g/mol. The Bertz CT molecular complexity index is 1080. The predicted octanol–water partition coefficient (Wildman–Crippen LogP) is 9.66. The number of hydrogen-bond acceptors (Lipinski definition) is 2. The Morgan fingerprint density at radius 2 is 1.43 bits per heavy atom. The molecule has 0 aliphatic carbocycles. The lowest BCUT2D eigenvalue weighted by Crippen LogP contribution is -2.28. The van der Waals surface area contributed by atoms with E-state index in [4.69, 9.17) is 16.6 Å². The van der Waals surface area contributed by atoms with Gasteiger partial charge in [-0.15, -0.1) is 0 Å². The Labute approximate surface area is 229 Å². The van der Waals surface area contributed by atoms with Crippen molar-refractivity contribution in [3.63, 3.8) is 0 Å². The molecule has 1 aromatic heterocycles. The highest BCUT2D eigenvalue weighted by Crippen LogP contribution is 2.23. The maximum absolute atomic E-state index is 12.8. The minimum atomic E-state index is -0.203. The van der Waals surface area contributed by atoms with Crippen LogP contribution in [0.3, 0.4) is 0 Å². The molecule has 1 atom stereocenters. The minimum absolute atomic E-state index is 0.134. The molecule has 0 radical (unpaired) electrons. The third-order valence-electron chi connectivity index (χ3n) is 7.24. The number of fused-ring (bicyclic) bond motifs is 1. The average Bonchev–Trinajstić information content (AvgIpc) is 3.27. The van der Waals surface area contributed by atoms with Crippen LogP contribution in [-0.2, 0) is 6.54 Å². The number of hydrogen-bond donors (Lipinski definition) is 1. The number of nitrogens with zero attached hydrogens (tertiary/aromatic N) is 2. The summed E-state index contributed by atoms with van der Waals surface area (Å²) >= 11 is 6.07. The molecule has 1 unspecified atom stereocenters. The minimum Gasteiger partial charge on any atom is -0.342 e. The summed E-state index contributed by atoms with van der Waals surface area (Å²) in [6, 6.07) is 15.1. The Balaban J connectivity index is 1.41. The second kappa shape index (κ2) is 16.5. The number of nitrogens with one attached hydrogen (secondary N) is 1. The van der Waals surface area contributed by atoms with E-state index in [2.05, 4.69) is 28.9 Å². The first-order valence-corrected chi connectivity index (χ1v) is 15.0. The van der Waals surface area contributed by atoms with Crippen LogP contribution < -0.4 is 5.32 Å². The van der Waals surface area contributed by atoms with Gasteiger partial charge in [0.05, 0.1) is 17.1 Å². The Morgan fingerprint density at radius 1 is 0.838 bits per heavy atom. The van der Waals surface area contributed by atoms with Gasteiger partial charge in [-0.25, -0.2) is 4.98 Å². The molecule has 0 aliphatic rings. The van der Waals surface area contributed by atoms with Crippen molar-refractivity contribution in [1.29, 1.82) is 0 Å². The Hall–Kier alpha value is -2.33. The smallest absolute Gasteiger partial charge is 0.251 e. The summed E-state index contributed by atoms with van der Waals surface area (Å²) in [6.07, 6.45) is 19.0. The lowest BCUT2D eigenvalue weighted by atomic mass is 10.0. The van der Waals surface area contributed by atoms with Gasteiger partial charge < -0.3 is 9.88 Å². The quantitative estimate of drug-likeness (QED) is 0.169. The van der Waals surface area contributed by atoms with Crippen molar-refractivity contribution in [2.45, 2.75) is 116 Å². The van der Waals surface area contributed by atoms with Crippen molar-refractivity contribution >= 4 is 28.5 Å². The molecule has 0 spiro atoms. The van der Waals surface area contributed by atoms with Gasteiger partial charge in [-0.2, -0.15) is 0 Å². The lowest BCUT2D eigenvalue weighted by Gasteiger charge is -2.16. The van der Waals surface area contributed by atoms with E-state index in [-0.39, 0.29) is 11.9 Å². The summed E-state index contributed by atoms with van der Waals surface area (Å²) in [5, 5.41) is 3.67.